The van der Waals surface area contributed by atoms with Crippen molar-refractivity contribution in [2.45, 2.75) is 41.4 Å². The molecule has 1 saturated carbocycles. The van der Waals surface area contributed by atoms with Crippen LogP contribution in [-0.2, 0) is 0 Å². The van der Waals surface area contributed by atoms with E-state index in [-0.39, 0.29) is 17.2 Å². The van der Waals surface area contributed by atoms with Crippen molar-refractivity contribution in [1.29, 1.82) is 0 Å². The van der Waals surface area contributed by atoms with Gasteiger partial charge in [0.1, 0.15) is 5.75 Å². The fraction of sp³-hybridized carbons (Fsp3) is 0.261. The van der Waals surface area contributed by atoms with Gasteiger partial charge in [-0.2, -0.15) is 0 Å². The number of carbonyl (C=O) groups is 1. The van der Waals surface area contributed by atoms with E-state index in [1.165, 1.54) is 36.7 Å². The number of hydrogen-bond donors (Lipinski definition) is 1. The maximum Gasteiger partial charge on any atom is 0.270 e. The molecule has 3 aromatic rings. The molecular weight excluding hydrogens is 428 g/mol. The lowest BCUT2D eigenvalue weighted by atomic mass is 10.0. The number of anilines is 1. The normalized spacial score (nSPS) is 13.7. The summed E-state index contributed by atoms with van der Waals surface area (Å²) in [4.78, 5) is 33.7. The fourth-order valence-electron chi connectivity index (χ4n) is 3.73. The minimum Gasteiger partial charge on any atom is -0.497 e. The Morgan fingerprint density at radius 2 is 1.91 bits per heavy atom. The Morgan fingerprint density at radius 3 is 2.59 bits per heavy atom. The Labute approximate surface area is 189 Å². The summed E-state index contributed by atoms with van der Waals surface area (Å²) in [6.07, 6.45) is 8.18. The molecule has 0 aliphatic heterocycles. The number of carbonyl (C=O) groups excluding carboxylic acids is 1. The minimum atomic E-state index is -0.524. The van der Waals surface area contributed by atoms with Crippen molar-refractivity contribution < 1.29 is 14.5 Å². The largest absolute Gasteiger partial charge is 0.497 e. The number of amides is 1. The Hall–Kier alpha value is -3.46. The average Bonchev–Trinajstić information content (AvgIpc) is 3.35. The number of non-ortho nitro benzene ring substituents is 1. The molecule has 8 nitrogen and oxygen atoms in total. The number of rotatable bonds is 7. The molecule has 4 rings (SSSR count). The first kappa shape index (κ1) is 21.8. The van der Waals surface area contributed by atoms with Crippen LogP contribution in [0.3, 0.4) is 0 Å². The molecule has 1 N–H and O–H groups in total. The van der Waals surface area contributed by atoms with Gasteiger partial charge in [0.15, 0.2) is 0 Å². The zero-order valence-corrected chi connectivity index (χ0v) is 18.3. The van der Waals surface area contributed by atoms with E-state index in [2.05, 4.69) is 15.3 Å². The van der Waals surface area contributed by atoms with E-state index >= 15 is 0 Å². The molecule has 1 amide bonds. The van der Waals surface area contributed by atoms with Crippen LogP contribution in [0.4, 0.5) is 11.6 Å². The van der Waals surface area contributed by atoms with E-state index in [4.69, 9.17) is 4.74 Å². The van der Waals surface area contributed by atoms with Crippen molar-refractivity contribution in [3.8, 4) is 5.75 Å². The number of nitro groups is 1. The zero-order valence-electron chi connectivity index (χ0n) is 17.5. The third kappa shape index (κ3) is 5.05. The molecule has 0 radical (unpaired) electrons. The van der Waals surface area contributed by atoms with Gasteiger partial charge in [-0.15, -0.1) is 0 Å². The minimum absolute atomic E-state index is 0.164. The number of nitrogens with one attached hydrogen (secondary N) is 1. The Kier molecular flexibility index (Phi) is 6.65. The summed E-state index contributed by atoms with van der Waals surface area (Å²) in [6, 6.07) is 11.6. The number of nitro benzene ring substituents is 1. The molecule has 1 aromatic heterocycles. The van der Waals surface area contributed by atoms with Crippen LogP contribution in [0.15, 0.2) is 64.6 Å². The van der Waals surface area contributed by atoms with Crippen LogP contribution in [-0.4, -0.2) is 27.9 Å². The van der Waals surface area contributed by atoms with Gasteiger partial charge in [0.05, 0.1) is 17.6 Å². The maximum atomic E-state index is 13.0. The summed E-state index contributed by atoms with van der Waals surface area (Å²) in [6.45, 7) is 0. The molecule has 0 atom stereocenters. The fourth-order valence-corrected chi connectivity index (χ4v) is 4.70. The first-order valence-corrected chi connectivity index (χ1v) is 11.1. The second-order valence-corrected chi connectivity index (χ2v) is 8.61. The highest BCUT2D eigenvalue weighted by Crippen LogP contribution is 2.35. The van der Waals surface area contributed by atoms with Crippen LogP contribution < -0.4 is 10.1 Å². The van der Waals surface area contributed by atoms with Gasteiger partial charge in [0.25, 0.3) is 11.6 Å². The van der Waals surface area contributed by atoms with Crippen molar-refractivity contribution in [3.05, 3.63) is 76.1 Å². The molecule has 1 fully saturated rings. The highest BCUT2D eigenvalue weighted by atomic mass is 32.2. The number of benzene rings is 2. The van der Waals surface area contributed by atoms with Gasteiger partial charge >= 0.3 is 0 Å². The smallest absolute Gasteiger partial charge is 0.270 e. The van der Waals surface area contributed by atoms with Gasteiger partial charge in [-0.25, -0.2) is 9.97 Å². The Balaban J connectivity index is 1.57. The summed E-state index contributed by atoms with van der Waals surface area (Å²) >= 11 is 1.32. The van der Waals surface area contributed by atoms with Crippen molar-refractivity contribution in [1.82, 2.24) is 9.97 Å². The van der Waals surface area contributed by atoms with Gasteiger partial charge in [0.2, 0.25) is 5.95 Å². The number of hydrogen-bond acceptors (Lipinski definition) is 7. The van der Waals surface area contributed by atoms with Gasteiger partial charge < -0.3 is 4.74 Å². The third-order valence-corrected chi connectivity index (χ3v) is 6.48. The molecule has 164 valence electrons. The first-order valence-electron chi connectivity index (χ1n) is 10.3. The van der Waals surface area contributed by atoms with Crippen molar-refractivity contribution >= 4 is 29.3 Å². The summed E-state index contributed by atoms with van der Waals surface area (Å²) in [5.41, 5.74) is 1.09. The monoisotopic (exact) mass is 450 g/mol. The predicted molar refractivity (Wildman–Crippen MR) is 121 cm³/mol. The van der Waals surface area contributed by atoms with E-state index < -0.39 is 10.8 Å². The lowest BCUT2D eigenvalue weighted by molar-refractivity contribution is -0.384. The van der Waals surface area contributed by atoms with Crippen LogP contribution in [0.2, 0.25) is 0 Å². The quantitative estimate of drug-likeness (QED) is 0.376. The molecule has 0 saturated heterocycles. The van der Waals surface area contributed by atoms with Crippen LogP contribution in [0, 0.1) is 10.1 Å². The van der Waals surface area contributed by atoms with E-state index in [0.29, 0.717) is 16.6 Å². The number of nitrogens with zero attached hydrogens (tertiary/aromatic N) is 3. The lowest BCUT2D eigenvalue weighted by Gasteiger charge is -2.11. The molecule has 0 spiro atoms. The van der Waals surface area contributed by atoms with Crippen LogP contribution in [0.5, 0.6) is 5.75 Å². The summed E-state index contributed by atoms with van der Waals surface area (Å²) in [5.74, 6) is 0.814. The molecule has 9 heteroatoms. The van der Waals surface area contributed by atoms with E-state index in [1.54, 1.807) is 25.6 Å². The lowest BCUT2D eigenvalue weighted by Crippen LogP contribution is -2.15. The molecule has 2 aromatic carbocycles. The SMILES string of the molecule is COc1cccc(Sc2ccc([N+](=O)[O-])cc2C(=O)Nc2ncc(C3CCCC3)cn2)c1. The Morgan fingerprint density at radius 1 is 1.16 bits per heavy atom. The number of aromatic nitrogens is 2. The van der Waals surface area contributed by atoms with Crippen LogP contribution in [0.25, 0.3) is 0 Å². The highest BCUT2D eigenvalue weighted by Gasteiger charge is 2.20. The Bertz CT molecular complexity index is 1130. The van der Waals surface area contributed by atoms with Crippen LogP contribution >= 0.6 is 11.8 Å². The molecule has 0 unspecified atom stereocenters. The first-order chi connectivity index (χ1) is 15.5. The third-order valence-electron chi connectivity index (χ3n) is 5.41. The maximum absolute atomic E-state index is 13.0. The van der Waals surface area contributed by atoms with Crippen LogP contribution in [0.1, 0.15) is 47.5 Å². The van der Waals surface area contributed by atoms with Crippen molar-refractivity contribution in [2.24, 2.45) is 0 Å². The zero-order chi connectivity index (χ0) is 22.5. The molecule has 1 heterocycles. The van der Waals surface area contributed by atoms with Gasteiger partial charge in [0, 0.05) is 34.3 Å². The topological polar surface area (TPSA) is 107 Å². The average molecular weight is 451 g/mol. The van der Waals surface area contributed by atoms with Crippen molar-refractivity contribution in [2.75, 3.05) is 12.4 Å². The van der Waals surface area contributed by atoms with E-state index in [9.17, 15) is 14.9 Å². The molecule has 1 aliphatic carbocycles. The number of ether oxygens (including phenoxy) is 1. The summed E-state index contributed by atoms with van der Waals surface area (Å²) in [7, 11) is 1.58. The predicted octanol–water partition coefficient (Wildman–Crippen LogP) is 5.45. The second kappa shape index (κ2) is 9.78. The molecule has 32 heavy (non-hydrogen) atoms. The highest BCUT2D eigenvalue weighted by molar-refractivity contribution is 7.99. The summed E-state index contributed by atoms with van der Waals surface area (Å²) < 4.78 is 5.25. The van der Waals surface area contributed by atoms with Gasteiger partial charge in [-0.05, 0) is 48.6 Å². The summed E-state index contributed by atoms with van der Waals surface area (Å²) in [5, 5.41) is 13.9. The number of methoxy groups -OCH3 is 1. The molecule has 1 aliphatic rings. The molecular formula is C23H22N4O4S. The van der Waals surface area contributed by atoms with Gasteiger partial charge in [-0.1, -0.05) is 30.7 Å². The van der Waals surface area contributed by atoms with E-state index in [0.717, 1.165) is 23.3 Å². The van der Waals surface area contributed by atoms with E-state index in [1.807, 2.05) is 24.3 Å². The van der Waals surface area contributed by atoms with Crippen molar-refractivity contribution in [3.63, 3.8) is 0 Å². The standard InChI is InChI=1S/C23H22N4O4S/c1-31-18-7-4-8-19(12-18)32-21-10-9-17(27(29)30)11-20(21)22(28)26-23-24-13-16(14-25-23)15-5-2-3-6-15/h4,7-15H,2-3,5-6H2,1H3,(H,24,25,26,28). The van der Waals surface area contributed by atoms with Gasteiger partial charge in [-0.3, -0.25) is 20.2 Å². The second-order valence-electron chi connectivity index (χ2n) is 7.49. The molecule has 0 bridgehead atoms.